The van der Waals surface area contributed by atoms with Gasteiger partial charge in [-0.25, -0.2) is 14.2 Å². The number of aromatic nitrogens is 2. The predicted octanol–water partition coefficient (Wildman–Crippen LogP) is 6.87. The van der Waals surface area contributed by atoms with Crippen LogP contribution >= 0.6 is 0 Å². The molecule has 0 amide bonds. The molecule has 0 N–H and O–H groups in total. The molecule has 2 heterocycles. The molecule has 0 bridgehead atoms. The minimum Gasteiger partial charge on any atom is -0.473 e. The lowest BCUT2D eigenvalue weighted by Gasteiger charge is -2.36. The van der Waals surface area contributed by atoms with E-state index >= 15 is 0 Å². The van der Waals surface area contributed by atoms with E-state index in [9.17, 15) is 9.59 Å². The molecule has 0 spiro atoms. The second-order valence-electron chi connectivity index (χ2n) is 11.0. The molecular weight excluding hydrogens is 576 g/mol. The quantitative estimate of drug-likeness (QED) is 0.0692. The predicted molar refractivity (Wildman–Crippen MR) is 176 cm³/mol. The largest absolute Gasteiger partial charge is 0.473 e. The van der Waals surface area contributed by atoms with Gasteiger partial charge < -0.3 is 18.8 Å². The maximum absolute atomic E-state index is 12.9. The average molecular weight is 612 g/mol. The van der Waals surface area contributed by atoms with Gasteiger partial charge in [-0.3, -0.25) is 0 Å². The van der Waals surface area contributed by atoms with E-state index in [0.717, 1.165) is 27.6 Å². The molecule has 0 aliphatic heterocycles. The van der Waals surface area contributed by atoms with E-state index in [0.29, 0.717) is 30.0 Å². The molecule has 6 rings (SSSR count). The molecule has 7 heteroatoms. The second kappa shape index (κ2) is 13.5. The number of nitrogens with zero attached hydrogens (tertiary/aromatic N) is 2. The van der Waals surface area contributed by atoms with Gasteiger partial charge in [0, 0.05) is 40.2 Å². The molecule has 0 saturated carbocycles. The number of carbonyl (C=O) groups is 2. The smallest absolute Gasteiger partial charge is 0.354 e. The summed E-state index contributed by atoms with van der Waals surface area (Å²) in [6.07, 6.45) is 4.08. The zero-order valence-corrected chi connectivity index (χ0v) is 25.8. The standard InChI is InChI=1S/C39H35N2O5/c1-40-23-12-14-29(28-40)37(42)45-25-13-24-41-35-22-21-34(26-30(35)27-36(41)38(43)44-2)46-39(31-15-6-3-7-16-31,32-17-8-4-9-18-32)33-19-10-5-11-20-33/h3-12,14-23,26-28H,13,24-25H2,1-2H3/q+1. The van der Waals surface area contributed by atoms with Crippen molar-refractivity contribution in [3.05, 3.63) is 168 Å². The number of benzene rings is 4. The number of rotatable bonds is 11. The van der Waals surface area contributed by atoms with Crippen molar-refractivity contribution in [2.45, 2.75) is 18.6 Å². The van der Waals surface area contributed by atoms with E-state index in [-0.39, 0.29) is 12.6 Å². The van der Waals surface area contributed by atoms with Crippen LogP contribution in [0, 0.1) is 0 Å². The first kappa shape index (κ1) is 30.3. The zero-order chi connectivity index (χ0) is 31.9. The fourth-order valence-corrected chi connectivity index (χ4v) is 5.88. The Bertz CT molecular complexity index is 1860. The summed E-state index contributed by atoms with van der Waals surface area (Å²) < 4.78 is 21.4. The van der Waals surface area contributed by atoms with Crippen molar-refractivity contribution >= 4 is 22.8 Å². The van der Waals surface area contributed by atoms with E-state index in [1.165, 1.54) is 7.11 Å². The van der Waals surface area contributed by atoms with Crippen LogP contribution in [-0.4, -0.2) is 30.2 Å². The van der Waals surface area contributed by atoms with Gasteiger partial charge in [0.2, 0.25) is 0 Å². The molecule has 0 atom stereocenters. The zero-order valence-electron chi connectivity index (χ0n) is 25.8. The number of pyridine rings is 1. The van der Waals surface area contributed by atoms with Crippen molar-refractivity contribution in [3.63, 3.8) is 0 Å². The number of hydrogen-bond acceptors (Lipinski definition) is 5. The summed E-state index contributed by atoms with van der Waals surface area (Å²) in [5.74, 6) is -0.190. The molecule has 7 nitrogen and oxygen atoms in total. The average Bonchev–Trinajstić information content (AvgIpc) is 3.47. The van der Waals surface area contributed by atoms with Crippen LogP contribution < -0.4 is 9.30 Å². The van der Waals surface area contributed by atoms with Crippen molar-refractivity contribution in [2.75, 3.05) is 13.7 Å². The van der Waals surface area contributed by atoms with E-state index in [2.05, 4.69) is 36.4 Å². The van der Waals surface area contributed by atoms with Crippen LogP contribution in [0.15, 0.2) is 140 Å². The maximum Gasteiger partial charge on any atom is 0.354 e. The molecule has 4 aromatic carbocycles. The van der Waals surface area contributed by atoms with Crippen LogP contribution in [0.2, 0.25) is 0 Å². The topological polar surface area (TPSA) is 70.6 Å². The van der Waals surface area contributed by atoms with Crippen LogP contribution in [0.3, 0.4) is 0 Å². The van der Waals surface area contributed by atoms with Crippen molar-refractivity contribution < 1.29 is 28.4 Å². The number of aryl methyl sites for hydroxylation is 2. The Kier molecular flexibility index (Phi) is 8.92. The molecule has 230 valence electrons. The highest BCUT2D eigenvalue weighted by atomic mass is 16.5. The Balaban J connectivity index is 1.33. The normalized spacial score (nSPS) is 11.3. The summed E-state index contributed by atoms with van der Waals surface area (Å²) in [7, 11) is 3.22. The first-order chi connectivity index (χ1) is 22.5. The third-order valence-electron chi connectivity index (χ3n) is 8.01. The molecule has 0 fully saturated rings. The molecule has 0 saturated heterocycles. The minimum absolute atomic E-state index is 0.201. The number of ether oxygens (including phenoxy) is 3. The van der Waals surface area contributed by atoms with Gasteiger partial charge in [-0.15, -0.1) is 0 Å². The van der Waals surface area contributed by atoms with Crippen molar-refractivity contribution in [1.29, 1.82) is 0 Å². The molecule has 0 radical (unpaired) electrons. The number of methoxy groups -OCH3 is 1. The van der Waals surface area contributed by atoms with Gasteiger partial charge in [0.25, 0.3) is 0 Å². The van der Waals surface area contributed by atoms with Crippen molar-refractivity contribution in [3.8, 4) is 5.75 Å². The van der Waals surface area contributed by atoms with E-state index in [1.807, 2.05) is 96.7 Å². The van der Waals surface area contributed by atoms with Gasteiger partial charge in [-0.1, -0.05) is 91.0 Å². The Morgan fingerprint density at radius 1 is 0.739 bits per heavy atom. The van der Waals surface area contributed by atoms with Crippen LogP contribution in [0.25, 0.3) is 10.9 Å². The summed E-state index contributed by atoms with van der Waals surface area (Å²) in [5, 5.41) is 0.828. The molecule has 0 aliphatic carbocycles. The highest BCUT2D eigenvalue weighted by molar-refractivity contribution is 5.96. The van der Waals surface area contributed by atoms with Gasteiger partial charge in [0.05, 0.1) is 13.7 Å². The van der Waals surface area contributed by atoms with Gasteiger partial charge in [0.15, 0.2) is 18.0 Å². The third kappa shape index (κ3) is 6.13. The second-order valence-corrected chi connectivity index (χ2v) is 11.0. The third-order valence-corrected chi connectivity index (χ3v) is 8.01. The lowest BCUT2D eigenvalue weighted by molar-refractivity contribution is -0.671. The molecule has 0 unspecified atom stereocenters. The molecule has 46 heavy (non-hydrogen) atoms. The number of fused-ring (bicyclic) bond motifs is 1. The molecule has 2 aromatic heterocycles. The number of esters is 2. The lowest BCUT2D eigenvalue weighted by Crippen LogP contribution is -2.36. The van der Waals surface area contributed by atoms with Crippen LogP contribution in [-0.2, 0) is 28.7 Å². The van der Waals surface area contributed by atoms with Crippen LogP contribution in [0.5, 0.6) is 5.75 Å². The Labute approximate surface area is 268 Å². The van der Waals surface area contributed by atoms with Crippen LogP contribution in [0.4, 0.5) is 0 Å². The summed E-state index contributed by atoms with van der Waals surface area (Å²) in [5.41, 5.74) is 3.76. The van der Waals surface area contributed by atoms with E-state index < -0.39 is 11.6 Å². The lowest BCUT2D eigenvalue weighted by atomic mass is 9.80. The van der Waals surface area contributed by atoms with Gasteiger partial charge in [-0.2, -0.15) is 0 Å². The monoisotopic (exact) mass is 611 g/mol. The summed E-state index contributed by atoms with van der Waals surface area (Å²) in [4.78, 5) is 25.4. The highest BCUT2D eigenvalue weighted by Crippen LogP contribution is 2.42. The summed E-state index contributed by atoms with van der Waals surface area (Å²) in [6.45, 7) is 0.651. The first-order valence-electron chi connectivity index (χ1n) is 15.2. The van der Waals surface area contributed by atoms with E-state index in [4.69, 9.17) is 14.2 Å². The SMILES string of the molecule is COC(=O)c1cc2cc(OC(c3ccccc3)(c3ccccc3)c3ccccc3)ccc2n1CCCOC(=O)c1ccc[n+](C)c1. The van der Waals surface area contributed by atoms with Gasteiger partial charge in [0.1, 0.15) is 24.1 Å². The van der Waals surface area contributed by atoms with Crippen molar-refractivity contribution in [1.82, 2.24) is 4.57 Å². The number of carbonyl (C=O) groups excluding carboxylic acids is 2. The van der Waals surface area contributed by atoms with Crippen LogP contribution in [0.1, 0.15) is 44.0 Å². The summed E-state index contributed by atoms with van der Waals surface area (Å²) in [6, 6.07) is 41.7. The van der Waals surface area contributed by atoms with Crippen molar-refractivity contribution in [2.24, 2.45) is 7.05 Å². The fourth-order valence-electron chi connectivity index (χ4n) is 5.88. The van der Waals surface area contributed by atoms with E-state index in [1.54, 1.807) is 22.9 Å². The molecular formula is C39H35N2O5+. The first-order valence-corrected chi connectivity index (χ1v) is 15.2. The fraction of sp³-hybridized carbons (Fsp3) is 0.154. The Morgan fingerprint density at radius 2 is 1.35 bits per heavy atom. The van der Waals surface area contributed by atoms with Gasteiger partial charge >= 0.3 is 11.9 Å². The van der Waals surface area contributed by atoms with Gasteiger partial charge in [-0.05, 0) is 36.8 Å². The minimum atomic E-state index is -0.940. The summed E-state index contributed by atoms with van der Waals surface area (Å²) >= 11 is 0. The maximum atomic E-state index is 12.9. The molecule has 0 aliphatic rings. The highest BCUT2D eigenvalue weighted by Gasteiger charge is 2.39. The Hall–Kier alpha value is -5.69. The number of hydrogen-bond donors (Lipinski definition) is 0. The molecule has 6 aromatic rings. The Morgan fingerprint density at radius 3 is 1.91 bits per heavy atom.